The van der Waals surface area contributed by atoms with E-state index in [0.717, 1.165) is 31.3 Å². The number of hydrogen-bond acceptors (Lipinski definition) is 1. The number of unbranched alkanes of at least 4 members (excludes halogenated alkanes) is 3. The fourth-order valence-electron chi connectivity index (χ4n) is 2.54. The van der Waals surface area contributed by atoms with Crippen molar-refractivity contribution in [3.63, 3.8) is 0 Å². The summed E-state index contributed by atoms with van der Waals surface area (Å²) in [5, 5.41) is 0. The molecule has 1 saturated carbocycles. The first kappa shape index (κ1) is 13.5. The summed E-state index contributed by atoms with van der Waals surface area (Å²) >= 11 is 0. The van der Waals surface area contributed by atoms with Gasteiger partial charge in [0, 0.05) is 5.92 Å². The molecule has 1 heteroatoms. The van der Waals surface area contributed by atoms with E-state index < -0.39 is 0 Å². The second kappa shape index (κ2) is 7.65. The lowest BCUT2D eigenvalue weighted by Gasteiger charge is -2.21. The van der Waals surface area contributed by atoms with Crippen LogP contribution in [0.2, 0.25) is 0 Å². The van der Waals surface area contributed by atoms with Crippen LogP contribution >= 0.6 is 0 Å². The van der Waals surface area contributed by atoms with Crippen LogP contribution in [0.3, 0.4) is 0 Å². The number of hydrogen-bond donors (Lipinski definition) is 0. The smallest absolute Gasteiger partial charge is 0.161 e. The molecule has 0 saturated heterocycles. The van der Waals surface area contributed by atoms with Crippen molar-refractivity contribution in [3.05, 3.63) is 12.2 Å². The third-order valence-corrected chi connectivity index (χ3v) is 3.66. The molecular formula is C15H26O. The van der Waals surface area contributed by atoms with Gasteiger partial charge in [0.2, 0.25) is 0 Å². The van der Waals surface area contributed by atoms with Gasteiger partial charge in [-0.1, -0.05) is 52.0 Å². The van der Waals surface area contributed by atoms with E-state index in [1.54, 1.807) is 0 Å². The van der Waals surface area contributed by atoms with Gasteiger partial charge in [0.25, 0.3) is 0 Å². The van der Waals surface area contributed by atoms with Crippen LogP contribution in [0.25, 0.3) is 0 Å². The predicted molar refractivity (Wildman–Crippen MR) is 69.5 cm³/mol. The molecule has 1 fully saturated rings. The molecule has 0 unspecified atom stereocenters. The van der Waals surface area contributed by atoms with Crippen molar-refractivity contribution < 1.29 is 4.79 Å². The number of carbonyl (C=O) groups is 1. The molecule has 0 atom stereocenters. The molecule has 0 aromatic rings. The van der Waals surface area contributed by atoms with Crippen LogP contribution in [0.4, 0.5) is 0 Å². The van der Waals surface area contributed by atoms with Gasteiger partial charge in [-0.2, -0.15) is 0 Å². The largest absolute Gasteiger partial charge is 0.294 e. The molecule has 0 radical (unpaired) electrons. The highest BCUT2D eigenvalue weighted by Gasteiger charge is 2.22. The third kappa shape index (κ3) is 4.51. The zero-order chi connectivity index (χ0) is 11.8. The van der Waals surface area contributed by atoms with Crippen molar-refractivity contribution in [1.82, 2.24) is 0 Å². The van der Waals surface area contributed by atoms with Gasteiger partial charge in [-0.05, 0) is 31.3 Å². The van der Waals surface area contributed by atoms with Crippen molar-refractivity contribution in [1.29, 1.82) is 0 Å². The van der Waals surface area contributed by atoms with Gasteiger partial charge in [-0.3, -0.25) is 4.79 Å². The Labute approximate surface area is 100 Å². The minimum Gasteiger partial charge on any atom is -0.294 e. The lowest BCUT2D eigenvalue weighted by Crippen LogP contribution is -2.19. The molecule has 0 spiro atoms. The van der Waals surface area contributed by atoms with Crippen LogP contribution in [0.5, 0.6) is 0 Å². The maximum Gasteiger partial charge on any atom is 0.161 e. The lowest BCUT2D eigenvalue weighted by atomic mass is 9.83. The summed E-state index contributed by atoms with van der Waals surface area (Å²) in [7, 11) is 0. The van der Waals surface area contributed by atoms with E-state index in [9.17, 15) is 4.79 Å². The average Bonchev–Trinajstić information content (AvgIpc) is 2.34. The number of carbonyl (C=O) groups excluding carboxylic acids is 1. The highest BCUT2D eigenvalue weighted by Crippen LogP contribution is 2.27. The molecule has 0 amide bonds. The van der Waals surface area contributed by atoms with Crippen LogP contribution < -0.4 is 0 Å². The first-order valence-electron chi connectivity index (χ1n) is 6.97. The quantitative estimate of drug-likeness (QED) is 0.452. The van der Waals surface area contributed by atoms with Crippen LogP contribution in [0.15, 0.2) is 12.2 Å². The Morgan fingerprint density at radius 2 is 1.81 bits per heavy atom. The summed E-state index contributed by atoms with van der Waals surface area (Å²) in [6.45, 7) is 6.19. The average molecular weight is 222 g/mol. The highest BCUT2D eigenvalue weighted by molar-refractivity contribution is 5.96. The second-order valence-corrected chi connectivity index (χ2v) is 5.11. The van der Waals surface area contributed by atoms with Crippen LogP contribution in [-0.4, -0.2) is 5.78 Å². The van der Waals surface area contributed by atoms with Gasteiger partial charge >= 0.3 is 0 Å². The van der Waals surface area contributed by atoms with Gasteiger partial charge in [0.1, 0.15) is 0 Å². The lowest BCUT2D eigenvalue weighted by molar-refractivity contribution is -0.120. The third-order valence-electron chi connectivity index (χ3n) is 3.66. The van der Waals surface area contributed by atoms with E-state index in [4.69, 9.17) is 0 Å². The standard InChI is InChI=1S/C15H26O/c1-3-4-5-7-10-13(2)15(16)14-11-8-6-9-12-14/h14H,2-12H2,1H3. The van der Waals surface area contributed by atoms with Crippen molar-refractivity contribution in [2.45, 2.75) is 71.1 Å². The topological polar surface area (TPSA) is 17.1 Å². The molecule has 1 aliphatic carbocycles. The molecule has 0 heterocycles. The predicted octanol–water partition coefficient (Wildman–Crippen LogP) is 4.66. The van der Waals surface area contributed by atoms with E-state index in [0.29, 0.717) is 11.7 Å². The molecule has 0 bridgehead atoms. The zero-order valence-electron chi connectivity index (χ0n) is 10.8. The Morgan fingerprint density at radius 3 is 2.44 bits per heavy atom. The molecule has 0 N–H and O–H groups in total. The van der Waals surface area contributed by atoms with Gasteiger partial charge < -0.3 is 0 Å². The fraction of sp³-hybridized carbons (Fsp3) is 0.800. The maximum atomic E-state index is 12.1. The van der Waals surface area contributed by atoms with Crippen molar-refractivity contribution in [2.75, 3.05) is 0 Å². The molecule has 0 aliphatic heterocycles. The maximum absolute atomic E-state index is 12.1. The normalized spacial score (nSPS) is 17.3. The summed E-state index contributed by atoms with van der Waals surface area (Å²) < 4.78 is 0. The molecule has 1 aliphatic rings. The van der Waals surface area contributed by atoms with E-state index in [-0.39, 0.29) is 0 Å². The Balaban J connectivity index is 2.21. The first-order valence-corrected chi connectivity index (χ1v) is 6.97. The van der Waals surface area contributed by atoms with Crippen LogP contribution in [0, 0.1) is 5.92 Å². The molecule has 1 rings (SSSR count). The zero-order valence-corrected chi connectivity index (χ0v) is 10.8. The monoisotopic (exact) mass is 222 g/mol. The molecule has 16 heavy (non-hydrogen) atoms. The Hall–Kier alpha value is -0.590. The Kier molecular flexibility index (Phi) is 6.44. The molecule has 92 valence electrons. The number of allylic oxidation sites excluding steroid dienone is 1. The van der Waals surface area contributed by atoms with Gasteiger partial charge in [-0.25, -0.2) is 0 Å². The van der Waals surface area contributed by atoms with Crippen LogP contribution in [0.1, 0.15) is 71.1 Å². The summed E-state index contributed by atoms with van der Waals surface area (Å²) in [5.74, 6) is 0.684. The number of ketones is 1. The molecule has 1 nitrogen and oxygen atoms in total. The molecule has 0 aromatic heterocycles. The number of rotatable bonds is 7. The highest BCUT2D eigenvalue weighted by atomic mass is 16.1. The summed E-state index contributed by atoms with van der Waals surface area (Å²) in [5.41, 5.74) is 0.892. The van der Waals surface area contributed by atoms with E-state index >= 15 is 0 Å². The molecule has 0 aromatic carbocycles. The van der Waals surface area contributed by atoms with Gasteiger partial charge in [0.05, 0.1) is 0 Å². The SMILES string of the molecule is C=C(CCCCCC)C(=O)C1CCCCC1. The number of Topliss-reactive ketones (excluding diaryl/α,β-unsaturated/α-hetero) is 1. The van der Waals surface area contributed by atoms with Gasteiger partial charge in [0.15, 0.2) is 5.78 Å². The summed E-state index contributed by atoms with van der Waals surface area (Å²) in [4.78, 5) is 12.1. The Bertz CT molecular complexity index is 224. The minimum atomic E-state index is 0.312. The molecular weight excluding hydrogens is 196 g/mol. The van der Waals surface area contributed by atoms with Gasteiger partial charge in [-0.15, -0.1) is 0 Å². The Morgan fingerprint density at radius 1 is 1.12 bits per heavy atom. The first-order chi connectivity index (χ1) is 7.75. The summed E-state index contributed by atoms with van der Waals surface area (Å²) in [6, 6.07) is 0. The fourth-order valence-corrected chi connectivity index (χ4v) is 2.54. The van der Waals surface area contributed by atoms with Crippen molar-refractivity contribution in [2.24, 2.45) is 5.92 Å². The van der Waals surface area contributed by atoms with E-state index in [2.05, 4.69) is 13.5 Å². The summed E-state index contributed by atoms with van der Waals surface area (Å²) in [6.07, 6.45) is 11.8. The van der Waals surface area contributed by atoms with E-state index in [1.807, 2.05) is 0 Å². The van der Waals surface area contributed by atoms with Crippen LogP contribution in [-0.2, 0) is 4.79 Å². The minimum absolute atomic E-state index is 0.312. The van der Waals surface area contributed by atoms with Crippen molar-refractivity contribution in [3.8, 4) is 0 Å². The van der Waals surface area contributed by atoms with E-state index in [1.165, 1.54) is 38.5 Å². The second-order valence-electron chi connectivity index (χ2n) is 5.11. The van der Waals surface area contributed by atoms with Crippen molar-refractivity contribution >= 4 is 5.78 Å².